The summed E-state index contributed by atoms with van der Waals surface area (Å²) in [4.78, 5) is 27.5. The highest BCUT2D eigenvalue weighted by Gasteiger charge is 2.31. The van der Waals surface area contributed by atoms with Gasteiger partial charge in [-0.25, -0.2) is 0 Å². The Hall–Kier alpha value is -2.33. The van der Waals surface area contributed by atoms with Crippen molar-refractivity contribution in [2.24, 2.45) is 0 Å². The average molecular weight is 374 g/mol. The summed E-state index contributed by atoms with van der Waals surface area (Å²) < 4.78 is 40.1. The van der Waals surface area contributed by atoms with Gasteiger partial charge in [0.2, 0.25) is 11.8 Å². The molecule has 1 saturated heterocycles. The van der Waals surface area contributed by atoms with E-state index >= 15 is 0 Å². The maximum atomic E-state index is 12.1. The maximum absolute atomic E-state index is 12.1. The lowest BCUT2D eigenvalue weighted by Crippen LogP contribution is -2.51. The minimum atomic E-state index is -4.75. The van der Waals surface area contributed by atoms with E-state index in [0.29, 0.717) is 31.9 Å². The van der Waals surface area contributed by atoms with Crippen molar-refractivity contribution >= 4 is 17.5 Å². The summed E-state index contributed by atoms with van der Waals surface area (Å²) >= 11 is 0. The lowest BCUT2D eigenvalue weighted by atomic mass is 10.3. The summed E-state index contributed by atoms with van der Waals surface area (Å²) in [5.41, 5.74) is 0.382. The van der Waals surface area contributed by atoms with Gasteiger partial charge in [0, 0.05) is 31.9 Å². The summed E-state index contributed by atoms with van der Waals surface area (Å²) in [7, 11) is 1.71. The predicted octanol–water partition coefficient (Wildman–Crippen LogP) is 0.887. The molecule has 0 spiro atoms. The quantitative estimate of drug-likeness (QED) is 0.774. The number of carbonyl (C=O) groups excluding carboxylic acids is 2. The topological polar surface area (TPSA) is 73.9 Å². The van der Waals surface area contributed by atoms with Crippen LogP contribution in [0.1, 0.15) is 0 Å². The van der Waals surface area contributed by atoms with Gasteiger partial charge < -0.3 is 20.3 Å². The van der Waals surface area contributed by atoms with Gasteiger partial charge >= 0.3 is 6.36 Å². The third kappa shape index (κ3) is 6.52. The molecule has 1 aromatic carbocycles. The Bertz CT molecular complexity index is 614. The zero-order valence-electron chi connectivity index (χ0n) is 14.3. The van der Waals surface area contributed by atoms with E-state index in [9.17, 15) is 22.8 Å². The Kier molecular flexibility index (Phi) is 6.81. The second kappa shape index (κ2) is 8.86. The highest BCUT2D eigenvalue weighted by atomic mass is 19.4. The van der Waals surface area contributed by atoms with Gasteiger partial charge in [0.1, 0.15) is 5.75 Å². The highest BCUT2D eigenvalue weighted by molar-refractivity contribution is 5.92. The van der Waals surface area contributed by atoms with Gasteiger partial charge in [0.15, 0.2) is 0 Å². The molecule has 0 atom stereocenters. The van der Waals surface area contributed by atoms with E-state index < -0.39 is 6.36 Å². The number of nitrogens with one attached hydrogen (secondary N) is 2. The molecule has 2 amide bonds. The predicted molar refractivity (Wildman–Crippen MR) is 88.7 cm³/mol. The lowest BCUT2D eigenvalue weighted by Gasteiger charge is -2.34. The Morgan fingerprint density at radius 2 is 1.73 bits per heavy atom. The monoisotopic (exact) mass is 374 g/mol. The molecule has 1 aliphatic rings. The molecule has 0 aliphatic carbocycles. The van der Waals surface area contributed by atoms with Crippen LogP contribution in [0.25, 0.3) is 0 Å². The van der Waals surface area contributed by atoms with Gasteiger partial charge in [-0.05, 0) is 31.3 Å². The summed E-state index contributed by atoms with van der Waals surface area (Å²) in [6.45, 7) is 2.71. The Labute approximate surface area is 149 Å². The fourth-order valence-corrected chi connectivity index (χ4v) is 2.56. The van der Waals surface area contributed by atoms with Crippen molar-refractivity contribution in [3.8, 4) is 5.75 Å². The second-order valence-electron chi connectivity index (χ2n) is 5.81. The molecular weight excluding hydrogens is 353 g/mol. The number of nitrogens with zero attached hydrogens (tertiary/aromatic N) is 2. The van der Waals surface area contributed by atoms with E-state index in [1.165, 1.54) is 12.1 Å². The number of hydrogen-bond acceptors (Lipinski definition) is 5. The first kappa shape index (κ1) is 20.0. The van der Waals surface area contributed by atoms with Crippen LogP contribution in [0, 0.1) is 0 Å². The minimum absolute atomic E-state index is 0.0257. The zero-order chi connectivity index (χ0) is 19.2. The summed E-state index contributed by atoms with van der Waals surface area (Å²) in [5.74, 6) is -0.597. The van der Waals surface area contributed by atoms with Crippen LogP contribution in [-0.4, -0.2) is 74.3 Å². The van der Waals surface area contributed by atoms with Gasteiger partial charge in [0.05, 0.1) is 13.1 Å². The largest absolute Gasteiger partial charge is 0.573 e. The molecule has 0 radical (unpaired) electrons. The molecular formula is C16H21F3N4O3. The molecule has 0 saturated carbocycles. The van der Waals surface area contributed by atoms with E-state index in [-0.39, 0.29) is 30.7 Å². The SMILES string of the molecule is CNCC(=O)N1CCN(CC(=O)Nc2ccc(OC(F)(F)F)cc2)CC1. The van der Waals surface area contributed by atoms with Crippen LogP contribution in [0.5, 0.6) is 5.75 Å². The number of amides is 2. The zero-order valence-corrected chi connectivity index (χ0v) is 14.3. The standard InChI is InChI=1S/C16H21F3N4O3/c1-20-10-15(25)23-8-6-22(7-9-23)11-14(24)21-12-2-4-13(5-3-12)26-16(17,18)19/h2-5,20H,6-11H2,1H3,(H,21,24). The van der Waals surface area contributed by atoms with Gasteiger partial charge in [-0.2, -0.15) is 0 Å². The fraction of sp³-hybridized carbons (Fsp3) is 0.500. The third-order valence-corrected chi connectivity index (χ3v) is 3.79. The van der Waals surface area contributed by atoms with Crippen LogP contribution < -0.4 is 15.4 Å². The first-order valence-corrected chi connectivity index (χ1v) is 8.07. The summed E-state index contributed by atoms with van der Waals surface area (Å²) in [6.07, 6.45) is -4.75. The van der Waals surface area contributed by atoms with Crippen LogP contribution in [0.3, 0.4) is 0 Å². The van der Waals surface area contributed by atoms with Crippen LogP contribution in [0.15, 0.2) is 24.3 Å². The van der Waals surface area contributed by atoms with Crippen molar-refractivity contribution in [3.05, 3.63) is 24.3 Å². The highest BCUT2D eigenvalue weighted by Crippen LogP contribution is 2.23. The van der Waals surface area contributed by atoms with Crippen LogP contribution >= 0.6 is 0 Å². The molecule has 144 valence electrons. The summed E-state index contributed by atoms with van der Waals surface area (Å²) in [6, 6.07) is 4.95. The van der Waals surface area contributed by atoms with Crippen molar-refractivity contribution in [1.82, 2.24) is 15.1 Å². The van der Waals surface area contributed by atoms with E-state index in [0.717, 1.165) is 12.1 Å². The van der Waals surface area contributed by atoms with Crippen molar-refractivity contribution in [1.29, 1.82) is 0 Å². The molecule has 1 heterocycles. The number of hydrogen-bond donors (Lipinski definition) is 2. The summed E-state index contributed by atoms with van der Waals surface area (Å²) in [5, 5.41) is 5.44. The van der Waals surface area contributed by atoms with Crippen molar-refractivity contribution in [3.63, 3.8) is 0 Å². The maximum Gasteiger partial charge on any atom is 0.573 e. The number of carbonyl (C=O) groups is 2. The van der Waals surface area contributed by atoms with Crippen LogP contribution in [0.4, 0.5) is 18.9 Å². The number of likely N-dealkylation sites (N-methyl/N-ethyl adjacent to an activating group) is 1. The normalized spacial score (nSPS) is 15.6. The Morgan fingerprint density at radius 3 is 2.27 bits per heavy atom. The van der Waals surface area contributed by atoms with Gasteiger partial charge in [-0.3, -0.25) is 14.5 Å². The molecule has 0 aromatic heterocycles. The van der Waals surface area contributed by atoms with E-state index in [2.05, 4.69) is 15.4 Å². The number of benzene rings is 1. The smallest absolute Gasteiger partial charge is 0.406 e. The van der Waals surface area contributed by atoms with E-state index in [1.807, 2.05) is 4.90 Å². The van der Waals surface area contributed by atoms with E-state index in [1.54, 1.807) is 11.9 Å². The molecule has 0 unspecified atom stereocenters. The number of piperazine rings is 1. The lowest BCUT2D eigenvalue weighted by molar-refractivity contribution is -0.274. The van der Waals surface area contributed by atoms with Gasteiger partial charge in [0.25, 0.3) is 0 Å². The third-order valence-electron chi connectivity index (χ3n) is 3.79. The number of ether oxygens (including phenoxy) is 1. The first-order valence-electron chi connectivity index (χ1n) is 8.07. The Balaban J connectivity index is 1.76. The Morgan fingerprint density at radius 1 is 1.12 bits per heavy atom. The molecule has 0 bridgehead atoms. The number of rotatable bonds is 6. The van der Waals surface area contributed by atoms with Crippen molar-refractivity contribution in [2.75, 3.05) is 51.6 Å². The number of alkyl halides is 3. The average Bonchev–Trinajstić information content (AvgIpc) is 2.56. The van der Waals surface area contributed by atoms with Crippen molar-refractivity contribution in [2.45, 2.75) is 6.36 Å². The molecule has 1 aromatic rings. The first-order chi connectivity index (χ1) is 12.3. The molecule has 7 nitrogen and oxygen atoms in total. The molecule has 2 rings (SSSR count). The van der Waals surface area contributed by atoms with Gasteiger partial charge in [-0.1, -0.05) is 0 Å². The number of anilines is 1. The minimum Gasteiger partial charge on any atom is -0.406 e. The van der Waals surface area contributed by atoms with Crippen LogP contribution in [0.2, 0.25) is 0 Å². The second-order valence-corrected chi connectivity index (χ2v) is 5.81. The molecule has 10 heteroatoms. The van der Waals surface area contributed by atoms with Crippen molar-refractivity contribution < 1.29 is 27.5 Å². The molecule has 1 aliphatic heterocycles. The molecule has 1 fully saturated rings. The van der Waals surface area contributed by atoms with E-state index in [4.69, 9.17) is 0 Å². The fourth-order valence-electron chi connectivity index (χ4n) is 2.56. The number of halogens is 3. The van der Waals surface area contributed by atoms with Gasteiger partial charge in [-0.15, -0.1) is 13.2 Å². The molecule has 2 N–H and O–H groups in total. The van der Waals surface area contributed by atoms with Crippen LogP contribution in [-0.2, 0) is 9.59 Å². The molecule has 26 heavy (non-hydrogen) atoms.